The van der Waals surface area contributed by atoms with Crippen LogP contribution in [-0.2, 0) is 19.2 Å². The van der Waals surface area contributed by atoms with E-state index in [4.69, 9.17) is 5.41 Å². The Balaban J connectivity index is 1.43. The molecule has 5 N–H and O–H groups in total. The Kier molecular flexibility index (Phi) is 9.06. The predicted molar refractivity (Wildman–Crippen MR) is 158 cm³/mol. The van der Waals surface area contributed by atoms with Crippen molar-refractivity contribution in [3.8, 4) is 0 Å². The summed E-state index contributed by atoms with van der Waals surface area (Å²) in [5, 5.41) is 25.8. The summed E-state index contributed by atoms with van der Waals surface area (Å²) in [7, 11) is 0. The van der Waals surface area contributed by atoms with Gasteiger partial charge in [0, 0.05) is 20.1 Å². The molecule has 13 heteroatoms. The fourth-order valence-corrected chi connectivity index (χ4v) is 7.44. The molecule has 2 aromatic carbocycles. The lowest BCUT2D eigenvalue weighted by Gasteiger charge is -2.44. The molecule has 10 nitrogen and oxygen atoms in total. The highest BCUT2D eigenvalue weighted by Crippen LogP contribution is 2.50. The van der Waals surface area contributed by atoms with Crippen molar-refractivity contribution >= 4 is 64.8 Å². The minimum absolute atomic E-state index is 0.0797. The third-order valence-electron chi connectivity index (χ3n) is 6.74. The lowest BCUT2D eigenvalue weighted by Crippen LogP contribution is -2.71. The van der Waals surface area contributed by atoms with Crippen molar-refractivity contribution in [2.75, 3.05) is 19.1 Å². The smallest absolute Gasteiger partial charge is 0.327 e. The Morgan fingerprint density at radius 1 is 1.10 bits per heavy atom. The highest BCUT2D eigenvalue weighted by molar-refractivity contribution is 8.01. The van der Waals surface area contributed by atoms with Gasteiger partial charge in [0.25, 0.3) is 0 Å². The summed E-state index contributed by atoms with van der Waals surface area (Å²) in [6.45, 7) is 3.28. The first-order valence-electron chi connectivity index (χ1n) is 12.4. The minimum atomic E-state index is -1.09. The SMILES string of the molecule is CSc1cc(SC)cc(C(=N)NCC(=O)NC(C(=O)NC2C(=O)N3[C@@H]2SC(C)(C)[C@@H]3C(=O)O)c2ccccc2)c1. The van der Waals surface area contributed by atoms with Crippen molar-refractivity contribution in [1.29, 1.82) is 5.41 Å². The van der Waals surface area contributed by atoms with Gasteiger partial charge < -0.3 is 26.0 Å². The molecule has 4 atom stereocenters. The zero-order chi connectivity index (χ0) is 29.2. The number of amidine groups is 1. The molecule has 212 valence electrons. The standard InChI is InChI=1S/C27H31N5O5S3/c1-27(2)21(26(36)37)32-24(35)20(25(32)40-27)31-23(34)19(14-8-6-5-7-9-14)30-18(33)13-29-22(28)15-10-16(38-3)12-17(11-15)39-4/h5-12,19-21,25H,13H2,1-4H3,(H2,28,29)(H,30,33)(H,31,34)(H,36,37)/t19?,20?,21-,25+/m0/s1. The van der Waals surface area contributed by atoms with E-state index in [1.807, 2.05) is 30.7 Å². The van der Waals surface area contributed by atoms with E-state index in [-0.39, 0.29) is 12.4 Å². The Bertz CT molecular complexity index is 1320. The number of nitrogens with one attached hydrogen (secondary N) is 4. The lowest BCUT2D eigenvalue weighted by molar-refractivity contribution is -0.161. The number of fused-ring (bicyclic) bond motifs is 1. The highest BCUT2D eigenvalue weighted by Gasteiger charge is 2.64. The maximum atomic E-state index is 13.4. The van der Waals surface area contributed by atoms with Gasteiger partial charge >= 0.3 is 5.97 Å². The number of benzene rings is 2. The summed E-state index contributed by atoms with van der Waals surface area (Å²) < 4.78 is -0.721. The molecule has 2 aliphatic rings. The van der Waals surface area contributed by atoms with Crippen molar-refractivity contribution in [3.05, 3.63) is 59.7 Å². The third-order valence-corrected chi connectivity index (χ3v) is 9.72. The molecule has 3 amide bonds. The zero-order valence-electron chi connectivity index (χ0n) is 22.4. The molecular weight excluding hydrogens is 571 g/mol. The molecule has 0 radical (unpaired) electrons. The van der Waals surface area contributed by atoms with E-state index in [0.717, 1.165) is 9.79 Å². The van der Waals surface area contributed by atoms with Gasteiger partial charge in [-0.2, -0.15) is 0 Å². The van der Waals surface area contributed by atoms with Crippen LogP contribution >= 0.6 is 35.3 Å². The van der Waals surface area contributed by atoms with E-state index in [1.54, 1.807) is 67.7 Å². The number of nitrogens with zero attached hydrogens (tertiary/aromatic N) is 1. The number of carboxylic acids is 1. The third kappa shape index (κ3) is 6.11. The number of β-lactam (4-membered cyclic amide) rings is 1. The highest BCUT2D eigenvalue weighted by atomic mass is 32.2. The molecule has 0 aliphatic carbocycles. The molecule has 2 fully saturated rings. The maximum absolute atomic E-state index is 13.4. The summed E-state index contributed by atoms with van der Waals surface area (Å²) in [6.07, 6.45) is 3.90. The number of carbonyl (C=O) groups is 4. The number of rotatable bonds is 10. The van der Waals surface area contributed by atoms with E-state index < -0.39 is 51.9 Å². The average Bonchev–Trinajstić information content (AvgIpc) is 3.20. The fourth-order valence-electron chi connectivity index (χ4n) is 4.76. The second-order valence-electron chi connectivity index (χ2n) is 9.83. The van der Waals surface area contributed by atoms with Gasteiger partial charge in [0.05, 0.1) is 6.54 Å². The van der Waals surface area contributed by atoms with Crippen LogP contribution in [-0.4, -0.2) is 80.8 Å². The van der Waals surface area contributed by atoms with Crippen molar-refractivity contribution in [1.82, 2.24) is 20.9 Å². The van der Waals surface area contributed by atoms with Crippen molar-refractivity contribution in [3.63, 3.8) is 0 Å². The second kappa shape index (κ2) is 12.1. The normalized spacial score (nSPS) is 21.6. The lowest BCUT2D eigenvalue weighted by atomic mass is 9.95. The van der Waals surface area contributed by atoms with Crippen LogP contribution in [0.5, 0.6) is 0 Å². The number of carboxylic acid groups (broad SMARTS) is 1. The Labute approximate surface area is 245 Å². The first-order valence-corrected chi connectivity index (χ1v) is 15.7. The van der Waals surface area contributed by atoms with Crippen molar-refractivity contribution < 1.29 is 24.3 Å². The van der Waals surface area contributed by atoms with Crippen LogP contribution in [0.2, 0.25) is 0 Å². The molecule has 0 bridgehead atoms. The molecule has 2 aromatic rings. The number of thioether (sulfide) groups is 3. The Hall–Kier alpha value is -3.16. The average molecular weight is 602 g/mol. The summed E-state index contributed by atoms with van der Waals surface area (Å²) in [5.74, 6) is -2.56. The first-order chi connectivity index (χ1) is 19.0. The van der Waals surface area contributed by atoms with Crippen LogP contribution in [0, 0.1) is 5.41 Å². The Morgan fingerprint density at radius 3 is 2.30 bits per heavy atom. The fraction of sp³-hybridized carbons (Fsp3) is 0.370. The summed E-state index contributed by atoms with van der Waals surface area (Å²) >= 11 is 4.46. The van der Waals surface area contributed by atoms with E-state index >= 15 is 0 Å². The van der Waals surface area contributed by atoms with Crippen molar-refractivity contribution in [2.45, 2.75) is 51.9 Å². The topological polar surface area (TPSA) is 152 Å². The quantitative estimate of drug-likeness (QED) is 0.120. The molecule has 0 spiro atoms. The van der Waals surface area contributed by atoms with Crippen LogP contribution in [0.25, 0.3) is 0 Å². The predicted octanol–water partition coefficient (Wildman–Crippen LogP) is 2.53. The van der Waals surface area contributed by atoms with Gasteiger partial charge in [-0.1, -0.05) is 30.3 Å². The van der Waals surface area contributed by atoms with Gasteiger partial charge in [0.15, 0.2) is 0 Å². The van der Waals surface area contributed by atoms with Gasteiger partial charge in [0.1, 0.15) is 29.3 Å². The zero-order valence-corrected chi connectivity index (χ0v) is 24.8. The maximum Gasteiger partial charge on any atom is 0.327 e. The second-order valence-corrected chi connectivity index (χ2v) is 13.4. The molecule has 4 rings (SSSR count). The van der Waals surface area contributed by atoms with E-state index in [1.165, 1.54) is 16.7 Å². The molecule has 0 saturated carbocycles. The van der Waals surface area contributed by atoms with Crippen LogP contribution in [0.15, 0.2) is 58.3 Å². The number of hydrogen-bond acceptors (Lipinski definition) is 8. The number of amides is 3. The van der Waals surface area contributed by atoms with E-state index in [9.17, 15) is 24.3 Å². The van der Waals surface area contributed by atoms with Crippen molar-refractivity contribution in [2.24, 2.45) is 0 Å². The van der Waals surface area contributed by atoms with E-state index in [0.29, 0.717) is 11.1 Å². The molecule has 2 heterocycles. The van der Waals surface area contributed by atoms with E-state index in [2.05, 4.69) is 16.0 Å². The molecule has 2 unspecified atom stereocenters. The molecule has 2 saturated heterocycles. The molecular formula is C27H31N5O5S3. The number of carbonyl (C=O) groups excluding carboxylic acids is 3. The molecule has 2 aliphatic heterocycles. The van der Waals surface area contributed by atoms with Crippen LogP contribution in [0.4, 0.5) is 0 Å². The first kappa shape index (κ1) is 29.8. The number of hydrogen-bond donors (Lipinski definition) is 5. The van der Waals surface area contributed by atoms with Gasteiger partial charge in [-0.3, -0.25) is 19.8 Å². The largest absolute Gasteiger partial charge is 0.480 e. The number of aliphatic carboxylic acids is 1. The van der Waals surface area contributed by atoms with Crippen LogP contribution in [0.1, 0.15) is 31.0 Å². The monoisotopic (exact) mass is 601 g/mol. The van der Waals surface area contributed by atoms with Crippen LogP contribution < -0.4 is 16.0 Å². The van der Waals surface area contributed by atoms with Gasteiger partial charge in [-0.05, 0) is 50.1 Å². The minimum Gasteiger partial charge on any atom is -0.480 e. The Morgan fingerprint density at radius 2 is 1.73 bits per heavy atom. The molecule has 40 heavy (non-hydrogen) atoms. The molecule has 0 aromatic heterocycles. The summed E-state index contributed by atoms with van der Waals surface area (Å²) in [6, 6.07) is 11.4. The summed E-state index contributed by atoms with van der Waals surface area (Å²) in [5.41, 5.74) is 1.17. The van der Waals surface area contributed by atoms with Gasteiger partial charge in [-0.15, -0.1) is 35.3 Å². The summed E-state index contributed by atoms with van der Waals surface area (Å²) in [4.78, 5) is 54.3. The van der Waals surface area contributed by atoms with Gasteiger partial charge in [0.2, 0.25) is 17.7 Å². The van der Waals surface area contributed by atoms with Crippen LogP contribution in [0.3, 0.4) is 0 Å². The van der Waals surface area contributed by atoms with Gasteiger partial charge in [-0.25, -0.2) is 4.79 Å².